The van der Waals surface area contributed by atoms with Crippen molar-refractivity contribution in [1.29, 1.82) is 0 Å². The van der Waals surface area contributed by atoms with Crippen LogP contribution in [0.1, 0.15) is 43.7 Å². The zero-order valence-corrected chi connectivity index (χ0v) is 11.9. The number of halogens is 3. The predicted octanol–water partition coefficient (Wildman–Crippen LogP) is 4.23. The lowest BCUT2D eigenvalue weighted by Gasteiger charge is -2.31. The fraction of sp³-hybridized carbons (Fsp3) is 0.533. The quantitative estimate of drug-likeness (QED) is 0.784. The molecule has 0 bridgehead atoms. The van der Waals surface area contributed by atoms with E-state index in [0.29, 0.717) is 24.0 Å². The Morgan fingerprint density at radius 3 is 2.38 bits per heavy atom. The van der Waals surface area contributed by atoms with Crippen molar-refractivity contribution >= 4 is 5.97 Å². The second kappa shape index (κ2) is 5.58. The fourth-order valence-electron chi connectivity index (χ4n) is 2.99. The molecule has 1 aromatic rings. The Morgan fingerprint density at radius 2 is 1.86 bits per heavy atom. The van der Waals surface area contributed by atoms with Gasteiger partial charge in [0.15, 0.2) is 0 Å². The highest BCUT2D eigenvalue weighted by molar-refractivity contribution is 5.67. The molecule has 0 heterocycles. The summed E-state index contributed by atoms with van der Waals surface area (Å²) < 4.78 is 46.8. The number of carbonyl (C=O) groups is 1. The van der Waals surface area contributed by atoms with Crippen LogP contribution in [-0.4, -0.2) is 12.3 Å². The molecule has 2 rings (SSSR count). The van der Waals surface area contributed by atoms with Crippen LogP contribution in [0.2, 0.25) is 0 Å². The van der Waals surface area contributed by atoms with Gasteiger partial charge in [0, 0.05) is 12.5 Å². The lowest BCUT2D eigenvalue weighted by molar-refractivity contribution is -0.274. The lowest BCUT2D eigenvalue weighted by Crippen LogP contribution is -2.29. The standard InChI is InChI=1S/C15H17F3O3/c1-10-12(6-5-7-13(10)21-15(16,17)18)14(20-11(2)19)8-3-4-9-14/h5-7H,3-4,8-9H2,1-2H3. The molecule has 0 atom stereocenters. The molecule has 0 unspecified atom stereocenters. The van der Waals surface area contributed by atoms with E-state index in [1.54, 1.807) is 13.0 Å². The Morgan fingerprint density at radius 1 is 1.24 bits per heavy atom. The van der Waals surface area contributed by atoms with Crippen LogP contribution in [0.25, 0.3) is 0 Å². The Kier molecular flexibility index (Phi) is 4.16. The highest BCUT2D eigenvalue weighted by Gasteiger charge is 2.41. The molecule has 116 valence electrons. The molecular formula is C15H17F3O3. The van der Waals surface area contributed by atoms with Gasteiger partial charge in [0.1, 0.15) is 11.4 Å². The van der Waals surface area contributed by atoms with Gasteiger partial charge in [0.25, 0.3) is 0 Å². The molecule has 0 radical (unpaired) electrons. The summed E-state index contributed by atoms with van der Waals surface area (Å²) in [4.78, 5) is 11.4. The third kappa shape index (κ3) is 3.49. The summed E-state index contributed by atoms with van der Waals surface area (Å²) >= 11 is 0. The molecule has 1 aliphatic carbocycles. The van der Waals surface area contributed by atoms with Crippen molar-refractivity contribution in [2.24, 2.45) is 0 Å². The largest absolute Gasteiger partial charge is 0.573 e. The molecule has 0 saturated heterocycles. The van der Waals surface area contributed by atoms with Gasteiger partial charge in [-0.2, -0.15) is 0 Å². The second-order valence-electron chi connectivity index (χ2n) is 5.27. The number of benzene rings is 1. The van der Waals surface area contributed by atoms with E-state index in [4.69, 9.17) is 4.74 Å². The molecule has 1 saturated carbocycles. The van der Waals surface area contributed by atoms with E-state index in [9.17, 15) is 18.0 Å². The van der Waals surface area contributed by atoms with Gasteiger partial charge in [-0.05, 0) is 44.2 Å². The Balaban J connectivity index is 2.42. The van der Waals surface area contributed by atoms with Crippen LogP contribution in [-0.2, 0) is 15.1 Å². The van der Waals surface area contributed by atoms with E-state index in [1.807, 2.05) is 0 Å². The van der Waals surface area contributed by atoms with E-state index < -0.39 is 17.9 Å². The molecule has 6 heteroatoms. The fourth-order valence-corrected chi connectivity index (χ4v) is 2.99. The van der Waals surface area contributed by atoms with Gasteiger partial charge in [-0.25, -0.2) is 0 Å². The third-order valence-electron chi connectivity index (χ3n) is 3.75. The molecule has 1 aromatic carbocycles. The van der Waals surface area contributed by atoms with E-state index in [-0.39, 0.29) is 5.75 Å². The number of hydrogen-bond acceptors (Lipinski definition) is 3. The minimum atomic E-state index is -4.74. The molecular weight excluding hydrogens is 285 g/mol. The predicted molar refractivity (Wildman–Crippen MR) is 69.8 cm³/mol. The summed E-state index contributed by atoms with van der Waals surface area (Å²) in [6.07, 6.45) is -1.77. The SMILES string of the molecule is CC(=O)OC1(c2cccc(OC(F)(F)F)c2C)CCCC1. The Hall–Kier alpha value is -1.72. The number of carbonyl (C=O) groups excluding carboxylic acids is 1. The van der Waals surface area contributed by atoms with E-state index in [2.05, 4.69) is 4.74 Å². The number of ether oxygens (including phenoxy) is 2. The highest BCUT2D eigenvalue weighted by atomic mass is 19.4. The van der Waals surface area contributed by atoms with Crippen LogP contribution in [0.15, 0.2) is 18.2 Å². The van der Waals surface area contributed by atoms with Crippen molar-refractivity contribution in [3.05, 3.63) is 29.3 Å². The summed E-state index contributed by atoms with van der Waals surface area (Å²) in [5.41, 5.74) is 0.121. The average molecular weight is 302 g/mol. The van der Waals surface area contributed by atoms with Crippen molar-refractivity contribution in [1.82, 2.24) is 0 Å². The number of alkyl halides is 3. The van der Waals surface area contributed by atoms with Gasteiger partial charge in [-0.15, -0.1) is 13.2 Å². The minimum Gasteiger partial charge on any atom is -0.454 e. The van der Waals surface area contributed by atoms with Crippen molar-refractivity contribution in [3.8, 4) is 5.75 Å². The second-order valence-corrected chi connectivity index (χ2v) is 5.27. The van der Waals surface area contributed by atoms with Crippen molar-refractivity contribution in [2.45, 2.75) is 51.5 Å². The van der Waals surface area contributed by atoms with Gasteiger partial charge >= 0.3 is 12.3 Å². The van der Waals surface area contributed by atoms with Gasteiger partial charge in [0.05, 0.1) is 0 Å². The smallest absolute Gasteiger partial charge is 0.454 e. The third-order valence-corrected chi connectivity index (χ3v) is 3.75. The van der Waals surface area contributed by atoms with Crippen LogP contribution in [0, 0.1) is 6.92 Å². The first-order valence-electron chi connectivity index (χ1n) is 6.79. The minimum absolute atomic E-state index is 0.251. The van der Waals surface area contributed by atoms with Crippen molar-refractivity contribution in [2.75, 3.05) is 0 Å². The maximum Gasteiger partial charge on any atom is 0.573 e. The maximum atomic E-state index is 12.4. The molecule has 1 fully saturated rings. The number of esters is 1. The molecule has 0 spiro atoms. The van der Waals surface area contributed by atoms with Crippen LogP contribution in [0.5, 0.6) is 5.75 Å². The summed E-state index contributed by atoms with van der Waals surface area (Å²) in [6.45, 7) is 2.87. The molecule has 0 aliphatic heterocycles. The highest BCUT2D eigenvalue weighted by Crippen LogP contribution is 2.45. The normalized spacial score (nSPS) is 17.6. The number of hydrogen-bond donors (Lipinski definition) is 0. The molecule has 21 heavy (non-hydrogen) atoms. The monoisotopic (exact) mass is 302 g/mol. The summed E-state index contributed by atoms with van der Waals surface area (Å²) in [5, 5.41) is 0. The van der Waals surface area contributed by atoms with Gasteiger partial charge in [0.2, 0.25) is 0 Å². The van der Waals surface area contributed by atoms with Crippen LogP contribution in [0.4, 0.5) is 13.2 Å². The van der Waals surface area contributed by atoms with Crippen LogP contribution in [0.3, 0.4) is 0 Å². The lowest BCUT2D eigenvalue weighted by atomic mass is 9.88. The van der Waals surface area contributed by atoms with E-state index in [0.717, 1.165) is 12.8 Å². The maximum absolute atomic E-state index is 12.4. The zero-order chi connectivity index (χ0) is 15.7. The van der Waals surface area contributed by atoms with Gasteiger partial charge in [-0.1, -0.05) is 12.1 Å². The van der Waals surface area contributed by atoms with Crippen LogP contribution < -0.4 is 4.74 Å². The van der Waals surface area contributed by atoms with Crippen molar-refractivity contribution < 1.29 is 27.4 Å². The Bertz CT molecular complexity index is 531. The molecule has 0 aromatic heterocycles. The molecule has 3 nitrogen and oxygen atoms in total. The summed E-state index contributed by atoms with van der Waals surface area (Å²) in [6, 6.07) is 4.46. The topological polar surface area (TPSA) is 35.5 Å². The van der Waals surface area contributed by atoms with E-state index in [1.165, 1.54) is 19.1 Å². The summed E-state index contributed by atoms with van der Waals surface area (Å²) in [5.74, 6) is -0.683. The molecule has 0 amide bonds. The first-order valence-corrected chi connectivity index (χ1v) is 6.79. The van der Waals surface area contributed by atoms with Crippen LogP contribution >= 0.6 is 0 Å². The first kappa shape index (κ1) is 15.7. The van der Waals surface area contributed by atoms with Gasteiger partial charge in [-0.3, -0.25) is 4.79 Å². The number of rotatable bonds is 3. The Labute approximate surface area is 121 Å². The molecule has 0 N–H and O–H groups in total. The first-order chi connectivity index (χ1) is 9.73. The van der Waals surface area contributed by atoms with E-state index >= 15 is 0 Å². The van der Waals surface area contributed by atoms with Crippen molar-refractivity contribution in [3.63, 3.8) is 0 Å². The zero-order valence-electron chi connectivity index (χ0n) is 11.9. The molecule has 1 aliphatic rings. The summed E-state index contributed by atoms with van der Waals surface area (Å²) in [7, 11) is 0. The average Bonchev–Trinajstić information content (AvgIpc) is 2.78. The van der Waals surface area contributed by atoms with Gasteiger partial charge < -0.3 is 9.47 Å².